The number of aromatic nitrogens is 4. The first-order valence-electron chi connectivity index (χ1n) is 8.94. The largest absolute Gasteiger partial charge is 0.324 e. The fourth-order valence-corrected chi connectivity index (χ4v) is 4.21. The minimum absolute atomic E-state index is 0.0856. The van der Waals surface area contributed by atoms with E-state index in [0.29, 0.717) is 16.1 Å². The van der Waals surface area contributed by atoms with Crippen molar-refractivity contribution in [3.63, 3.8) is 0 Å². The van der Waals surface area contributed by atoms with Crippen molar-refractivity contribution >= 4 is 62.6 Å². The maximum absolute atomic E-state index is 12.0. The molecule has 1 saturated heterocycles. The highest BCUT2D eigenvalue weighted by Crippen LogP contribution is 2.27. The Morgan fingerprint density at radius 3 is 3.00 bits per heavy atom. The van der Waals surface area contributed by atoms with Gasteiger partial charge in [-0.1, -0.05) is 55.1 Å². The van der Waals surface area contributed by atoms with Gasteiger partial charge in [-0.15, -0.1) is 10.2 Å². The van der Waals surface area contributed by atoms with Gasteiger partial charge in [0.25, 0.3) is 5.91 Å². The molecule has 1 aromatic carbocycles. The number of hydrogen-bond donors (Lipinski definition) is 1. The summed E-state index contributed by atoms with van der Waals surface area (Å²) in [7, 11) is 0. The highest BCUT2D eigenvalue weighted by molar-refractivity contribution is 8.15. The summed E-state index contributed by atoms with van der Waals surface area (Å²) in [6.07, 6.45) is 2.12. The zero-order valence-electron chi connectivity index (χ0n) is 15.2. The number of aryl methyl sites for hydroxylation is 1. The zero-order valence-corrected chi connectivity index (χ0v) is 16.8. The molecule has 0 radical (unpaired) electrons. The Labute approximate surface area is 169 Å². The average molecular weight is 415 g/mol. The number of amides is 2. The first kappa shape index (κ1) is 18.9. The Kier molecular flexibility index (Phi) is 5.58. The average Bonchev–Trinajstić information content (AvgIpc) is 3.25. The van der Waals surface area contributed by atoms with E-state index >= 15 is 0 Å². The lowest BCUT2D eigenvalue weighted by molar-refractivity contribution is -0.116. The molecule has 0 atom stereocenters. The summed E-state index contributed by atoms with van der Waals surface area (Å²) in [5.41, 5.74) is 2.64. The molecule has 0 bridgehead atoms. The van der Waals surface area contributed by atoms with E-state index in [9.17, 15) is 9.59 Å². The molecule has 0 saturated carbocycles. The van der Waals surface area contributed by atoms with Crippen molar-refractivity contribution in [3.8, 4) is 0 Å². The van der Waals surface area contributed by atoms with Crippen molar-refractivity contribution in [2.24, 2.45) is 4.99 Å². The third-order valence-corrected chi connectivity index (χ3v) is 5.92. The van der Waals surface area contributed by atoms with E-state index in [-0.39, 0.29) is 17.6 Å². The Morgan fingerprint density at radius 2 is 2.21 bits per heavy atom. The van der Waals surface area contributed by atoms with Crippen LogP contribution in [0.25, 0.3) is 22.1 Å². The van der Waals surface area contributed by atoms with E-state index in [0.717, 1.165) is 41.5 Å². The number of nitrogens with zero attached hydrogens (tertiary/aromatic N) is 5. The second-order valence-corrected chi connectivity index (χ2v) is 8.13. The smallest absolute Gasteiger partial charge is 0.258 e. The summed E-state index contributed by atoms with van der Waals surface area (Å²) in [6.45, 7) is 3.01. The Bertz CT molecular complexity index is 1090. The molecule has 0 unspecified atom stereocenters. The second kappa shape index (κ2) is 8.27. The standard InChI is InChI=1S/C18H18N6O2S2/c1-2-3-8-24-12-7-5-4-6-11(12)15-16(24)21-18(23-22-15)28-10-14(26)20-17-19-13(25)9-27-17/h4-7H,2-3,8-10H2,1H3,(H,19,20,25,26). The van der Waals surface area contributed by atoms with Crippen LogP contribution in [0, 0.1) is 0 Å². The normalized spacial score (nSPS) is 15.6. The van der Waals surface area contributed by atoms with E-state index in [1.807, 2.05) is 18.2 Å². The van der Waals surface area contributed by atoms with Crippen LogP contribution >= 0.6 is 23.5 Å². The van der Waals surface area contributed by atoms with E-state index in [4.69, 9.17) is 0 Å². The van der Waals surface area contributed by atoms with Crippen LogP contribution < -0.4 is 5.32 Å². The molecule has 0 aliphatic carbocycles. The minimum Gasteiger partial charge on any atom is -0.324 e. The van der Waals surface area contributed by atoms with E-state index < -0.39 is 0 Å². The number of fused-ring (bicyclic) bond motifs is 3. The summed E-state index contributed by atoms with van der Waals surface area (Å²) in [4.78, 5) is 31.8. The van der Waals surface area contributed by atoms with Crippen LogP contribution in [0.4, 0.5) is 0 Å². The zero-order chi connectivity index (χ0) is 19.5. The van der Waals surface area contributed by atoms with Crippen molar-refractivity contribution in [3.05, 3.63) is 24.3 Å². The molecule has 1 aliphatic heterocycles. The van der Waals surface area contributed by atoms with E-state index in [1.54, 1.807) is 0 Å². The SMILES string of the molecule is CCCCn1c2ccccc2c2nnc(SCC(=O)N=C3NC(=O)CS3)nc21. The third-order valence-electron chi connectivity index (χ3n) is 4.23. The number of amidine groups is 1. The van der Waals surface area contributed by atoms with Crippen LogP contribution in [-0.4, -0.2) is 48.2 Å². The number of para-hydroxylation sites is 1. The molecule has 4 rings (SSSR count). The van der Waals surface area contributed by atoms with Gasteiger partial charge in [-0.3, -0.25) is 9.59 Å². The van der Waals surface area contributed by atoms with Gasteiger partial charge in [0.15, 0.2) is 10.8 Å². The Balaban J connectivity index is 1.57. The number of aliphatic imine (C=N–C) groups is 1. The van der Waals surface area contributed by atoms with Crippen LogP contribution in [-0.2, 0) is 16.1 Å². The summed E-state index contributed by atoms with van der Waals surface area (Å²) >= 11 is 2.42. The lowest BCUT2D eigenvalue weighted by Gasteiger charge is -2.05. The lowest BCUT2D eigenvalue weighted by Crippen LogP contribution is -2.21. The monoisotopic (exact) mass is 414 g/mol. The topological polar surface area (TPSA) is 102 Å². The molecule has 0 spiro atoms. The van der Waals surface area contributed by atoms with Crippen LogP contribution in [0.15, 0.2) is 34.4 Å². The van der Waals surface area contributed by atoms with Gasteiger partial charge in [0.1, 0.15) is 5.52 Å². The molecule has 1 aliphatic rings. The van der Waals surface area contributed by atoms with Gasteiger partial charge in [-0.25, -0.2) is 4.98 Å². The van der Waals surface area contributed by atoms with Crippen LogP contribution in [0.3, 0.4) is 0 Å². The fourth-order valence-electron chi connectivity index (χ4n) is 2.95. The molecule has 3 heterocycles. The number of benzene rings is 1. The van der Waals surface area contributed by atoms with Crippen molar-refractivity contribution in [1.82, 2.24) is 25.1 Å². The van der Waals surface area contributed by atoms with Gasteiger partial charge < -0.3 is 9.88 Å². The van der Waals surface area contributed by atoms with E-state index in [2.05, 4.69) is 43.0 Å². The summed E-state index contributed by atoms with van der Waals surface area (Å²) in [5.74, 6) is -0.0971. The predicted octanol–water partition coefficient (Wildman–Crippen LogP) is 2.62. The summed E-state index contributed by atoms with van der Waals surface area (Å²) in [5, 5.41) is 12.9. The first-order chi connectivity index (χ1) is 13.7. The molecule has 3 aromatic rings. The van der Waals surface area contributed by atoms with Gasteiger partial charge in [0, 0.05) is 11.9 Å². The minimum atomic E-state index is -0.343. The number of carbonyl (C=O) groups excluding carboxylic acids is 2. The molecule has 144 valence electrons. The molecule has 1 fully saturated rings. The lowest BCUT2D eigenvalue weighted by atomic mass is 10.2. The molecule has 8 nitrogen and oxygen atoms in total. The Hall–Kier alpha value is -2.46. The van der Waals surface area contributed by atoms with Crippen molar-refractivity contribution in [2.45, 2.75) is 31.5 Å². The molecule has 10 heteroatoms. The van der Waals surface area contributed by atoms with Crippen molar-refractivity contribution < 1.29 is 9.59 Å². The quantitative estimate of drug-likeness (QED) is 0.619. The number of unbranched alkanes of at least 4 members (excludes halogenated alkanes) is 1. The predicted molar refractivity (Wildman–Crippen MR) is 112 cm³/mol. The fraction of sp³-hybridized carbons (Fsp3) is 0.333. The van der Waals surface area contributed by atoms with Gasteiger partial charge in [-0.2, -0.15) is 4.99 Å². The molecule has 28 heavy (non-hydrogen) atoms. The van der Waals surface area contributed by atoms with Crippen LogP contribution in [0.2, 0.25) is 0 Å². The molecule has 1 N–H and O–H groups in total. The first-order valence-corrected chi connectivity index (χ1v) is 10.9. The van der Waals surface area contributed by atoms with Crippen LogP contribution in [0.5, 0.6) is 0 Å². The second-order valence-electron chi connectivity index (χ2n) is 6.23. The van der Waals surface area contributed by atoms with Gasteiger partial charge in [-0.05, 0) is 12.5 Å². The molecular weight excluding hydrogens is 396 g/mol. The Morgan fingerprint density at radius 1 is 1.36 bits per heavy atom. The number of rotatable bonds is 6. The van der Waals surface area contributed by atoms with Crippen molar-refractivity contribution in [2.75, 3.05) is 11.5 Å². The number of carbonyl (C=O) groups is 2. The maximum atomic E-state index is 12.0. The molecule has 2 amide bonds. The summed E-state index contributed by atoms with van der Waals surface area (Å²) in [6, 6.07) is 8.07. The van der Waals surface area contributed by atoms with Gasteiger partial charge in [0.05, 0.1) is 17.0 Å². The van der Waals surface area contributed by atoms with Gasteiger partial charge >= 0.3 is 0 Å². The van der Waals surface area contributed by atoms with E-state index in [1.165, 1.54) is 23.5 Å². The van der Waals surface area contributed by atoms with Crippen molar-refractivity contribution in [1.29, 1.82) is 0 Å². The number of nitrogens with one attached hydrogen (secondary N) is 1. The van der Waals surface area contributed by atoms with Gasteiger partial charge in [0.2, 0.25) is 11.1 Å². The highest BCUT2D eigenvalue weighted by Gasteiger charge is 2.18. The van der Waals surface area contributed by atoms with Crippen LogP contribution in [0.1, 0.15) is 19.8 Å². The number of thioether (sulfide) groups is 2. The molecular formula is C18H18N6O2S2. The number of hydrogen-bond acceptors (Lipinski definition) is 7. The summed E-state index contributed by atoms with van der Waals surface area (Å²) < 4.78 is 2.17. The molecule has 2 aromatic heterocycles. The maximum Gasteiger partial charge on any atom is 0.258 e. The highest BCUT2D eigenvalue weighted by atomic mass is 32.2. The third kappa shape index (κ3) is 3.88.